The lowest BCUT2D eigenvalue weighted by molar-refractivity contribution is 0.0695. The molecule has 0 aliphatic heterocycles. The van der Waals surface area contributed by atoms with Crippen molar-refractivity contribution >= 4 is 0 Å². The maximum Gasteiger partial charge on any atom is 0.137 e. The van der Waals surface area contributed by atoms with Crippen LogP contribution < -0.4 is 4.74 Å². The Hall–Kier alpha value is -1.87. The Morgan fingerprint density at radius 3 is 2.53 bits per heavy atom. The van der Waals surface area contributed by atoms with Gasteiger partial charge in [0.15, 0.2) is 0 Å². The number of aromatic nitrogens is 1. The third kappa shape index (κ3) is 2.76. The number of ether oxygens (including phenoxy) is 1. The highest BCUT2D eigenvalue weighted by Gasteiger charge is 2.31. The first kappa shape index (κ1) is 13.6. The molecular weight excluding hydrogens is 238 g/mol. The summed E-state index contributed by atoms with van der Waals surface area (Å²) in [6, 6.07) is 11.5. The fraction of sp³-hybridized carbons (Fsp3) is 0.312. The topological polar surface area (TPSA) is 42.4 Å². The molecule has 3 heteroatoms. The summed E-state index contributed by atoms with van der Waals surface area (Å²) in [6.45, 7) is 2.06. The number of hydrogen-bond acceptors (Lipinski definition) is 3. The molecule has 0 fully saturated rings. The number of methoxy groups -OCH3 is 1. The zero-order valence-corrected chi connectivity index (χ0v) is 11.3. The minimum atomic E-state index is -1.02. The van der Waals surface area contributed by atoms with Gasteiger partial charge in [-0.15, -0.1) is 0 Å². The molecule has 1 atom stereocenters. The first-order valence-corrected chi connectivity index (χ1v) is 6.48. The van der Waals surface area contributed by atoms with Gasteiger partial charge in [0.1, 0.15) is 11.4 Å². The molecule has 3 nitrogen and oxygen atoms in total. The van der Waals surface area contributed by atoms with Crippen LogP contribution in [-0.2, 0) is 5.60 Å². The van der Waals surface area contributed by atoms with Gasteiger partial charge in [-0.2, -0.15) is 0 Å². The van der Waals surface area contributed by atoms with Crippen LogP contribution in [0.25, 0.3) is 0 Å². The van der Waals surface area contributed by atoms with Crippen molar-refractivity contribution < 1.29 is 9.84 Å². The van der Waals surface area contributed by atoms with Gasteiger partial charge in [0, 0.05) is 11.8 Å². The smallest absolute Gasteiger partial charge is 0.137 e. The molecule has 1 aromatic carbocycles. The number of rotatable bonds is 5. The van der Waals surface area contributed by atoms with Crippen molar-refractivity contribution in [1.82, 2.24) is 4.98 Å². The summed E-state index contributed by atoms with van der Waals surface area (Å²) in [5.74, 6) is 0.656. The van der Waals surface area contributed by atoms with Gasteiger partial charge >= 0.3 is 0 Å². The highest BCUT2D eigenvalue weighted by atomic mass is 16.5. The zero-order chi connectivity index (χ0) is 13.7. The summed E-state index contributed by atoms with van der Waals surface area (Å²) < 4.78 is 5.19. The molecule has 0 saturated heterocycles. The second-order valence-corrected chi connectivity index (χ2v) is 4.59. The van der Waals surface area contributed by atoms with Crippen molar-refractivity contribution in [1.29, 1.82) is 0 Å². The summed E-state index contributed by atoms with van der Waals surface area (Å²) in [4.78, 5) is 4.14. The number of nitrogens with zero attached hydrogens (tertiary/aromatic N) is 1. The van der Waals surface area contributed by atoms with E-state index in [4.69, 9.17) is 4.74 Å². The van der Waals surface area contributed by atoms with Gasteiger partial charge in [0.2, 0.25) is 0 Å². The van der Waals surface area contributed by atoms with E-state index in [9.17, 15) is 5.11 Å². The van der Waals surface area contributed by atoms with E-state index in [1.54, 1.807) is 19.5 Å². The van der Waals surface area contributed by atoms with E-state index in [0.717, 1.165) is 17.5 Å². The van der Waals surface area contributed by atoms with Crippen LogP contribution in [0.3, 0.4) is 0 Å². The van der Waals surface area contributed by atoms with Gasteiger partial charge in [-0.05, 0) is 18.1 Å². The SMILES string of the molecule is CCCC(O)(c1ccccc1)c1cncc(OC)c1. The fourth-order valence-corrected chi connectivity index (χ4v) is 2.29. The summed E-state index contributed by atoms with van der Waals surface area (Å²) in [5, 5.41) is 11.1. The van der Waals surface area contributed by atoms with E-state index >= 15 is 0 Å². The number of benzene rings is 1. The van der Waals surface area contributed by atoms with Crippen LogP contribution in [0.1, 0.15) is 30.9 Å². The maximum atomic E-state index is 11.1. The van der Waals surface area contributed by atoms with E-state index in [1.165, 1.54) is 0 Å². The largest absolute Gasteiger partial charge is 0.495 e. The average molecular weight is 257 g/mol. The zero-order valence-electron chi connectivity index (χ0n) is 11.3. The first-order valence-electron chi connectivity index (χ1n) is 6.48. The quantitative estimate of drug-likeness (QED) is 0.894. The Morgan fingerprint density at radius 1 is 1.16 bits per heavy atom. The monoisotopic (exact) mass is 257 g/mol. The number of hydrogen-bond donors (Lipinski definition) is 1. The van der Waals surface area contributed by atoms with Gasteiger partial charge in [0.05, 0.1) is 13.3 Å². The molecule has 0 saturated carbocycles. The van der Waals surface area contributed by atoms with Crippen LogP contribution in [0.2, 0.25) is 0 Å². The second kappa shape index (κ2) is 5.85. The molecule has 0 radical (unpaired) electrons. The van der Waals surface area contributed by atoms with Gasteiger partial charge in [-0.25, -0.2) is 0 Å². The summed E-state index contributed by atoms with van der Waals surface area (Å²) in [7, 11) is 1.60. The van der Waals surface area contributed by atoms with E-state index in [2.05, 4.69) is 11.9 Å². The lowest BCUT2D eigenvalue weighted by atomic mass is 9.83. The molecule has 100 valence electrons. The van der Waals surface area contributed by atoms with Gasteiger partial charge in [-0.3, -0.25) is 4.98 Å². The lowest BCUT2D eigenvalue weighted by Gasteiger charge is -2.29. The summed E-state index contributed by atoms with van der Waals surface area (Å²) in [5.41, 5.74) is 0.629. The molecule has 19 heavy (non-hydrogen) atoms. The molecule has 0 spiro atoms. The van der Waals surface area contributed by atoms with Crippen LogP contribution in [0.4, 0.5) is 0 Å². The third-order valence-electron chi connectivity index (χ3n) is 3.29. The molecule has 0 bridgehead atoms. The Balaban J connectivity index is 2.49. The van der Waals surface area contributed by atoms with Crippen LogP contribution in [0.15, 0.2) is 48.8 Å². The van der Waals surface area contributed by atoms with Crippen LogP contribution in [0, 0.1) is 0 Å². The molecule has 1 N–H and O–H groups in total. The van der Waals surface area contributed by atoms with Crippen molar-refractivity contribution in [2.45, 2.75) is 25.4 Å². The molecule has 0 amide bonds. The molecule has 0 aliphatic rings. The van der Waals surface area contributed by atoms with E-state index < -0.39 is 5.60 Å². The third-order valence-corrected chi connectivity index (χ3v) is 3.29. The highest BCUT2D eigenvalue weighted by Crippen LogP contribution is 2.34. The number of pyridine rings is 1. The normalized spacial score (nSPS) is 13.8. The van der Waals surface area contributed by atoms with Crippen LogP contribution in [-0.4, -0.2) is 17.2 Å². The Bertz CT molecular complexity index is 527. The first-order chi connectivity index (χ1) is 9.20. The van der Waals surface area contributed by atoms with Crippen molar-refractivity contribution in [3.8, 4) is 5.75 Å². The minimum Gasteiger partial charge on any atom is -0.495 e. The Kier molecular flexibility index (Phi) is 4.17. The molecule has 2 aromatic rings. The standard InChI is InChI=1S/C16H19NO2/c1-3-9-16(18,13-7-5-4-6-8-13)14-10-15(19-2)12-17-11-14/h4-8,10-12,18H,3,9H2,1-2H3. The van der Waals surface area contributed by atoms with Gasteiger partial charge in [0.25, 0.3) is 0 Å². The maximum absolute atomic E-state index is 11.1. The molecule has 2 rings (SSSR count). The highest BCUT2D eigenvalue weighted by molar-refractivity contribution is 5.37. The molecule has 1 unspecified atom stereocenters. The lowest BCUT2D eigenvalue weighted by Crippen LogP contribution is -2.27. The minimum absolute atomic E-state index is 0.645. The van der Waals surface area contributed by atoms with Crippen molar-refractivity contribution in [2.75, 3.05) is 7.11 Å². The summed E-state index contributed by atoms with van der Waals surface area (Å²) in [6.07, 6.45) is 4.86. The Labute approximate surface area is 113 Å². The predicted molar refractivity (Wildman–Crippen MR) is 75.1 cm³/mol. The van der Waals surface area contributed by atoms with Crippen molar-refractivity contribution in [3.05, 3.63) is 59.9 Å². The molecule has 1 heterocycles. The Morgan fingerprint density at radius 2 is 1.89 bits per heavy atom. The average Bonchev–Trinajstić information content (AvgIpc) is 2.48. The van der Waals surface area contributed by atoms with Gasteiger partial charge < -0.3 is 9.84 Å². The van der Waals surface area contributed by atoms with Gasteiger partial charge in [-0.1, -0.05) is 43.7 Å². The van der Waals surface area contributed by atoms with Crippen molar-refractivity contribution in [2.24, 2.45) is 0 Å². The van der Waals surface area contributed by atoms with E-state index in [0.29, 0.717) is 12.2 Å². The molecule has 1 aromatic heterocycles. The molecular formula is C16H19NO2. The second-order valence-electron chi connectivity index (χ2n) is 4.59. The van der Waals surface area contributed by atoms with Crippen LogP contribution >= 0.6 is 0 Å². The fourth-order valence-electron chi connectivity index (χ4n) is 2.29. The van der Waals surface area contributed by atoms with Crippen LogP contribution in [0.5, 0.6) is 5.75 Å². The molecule has 0 aliphatic carbocycles. The van der Waals surface area contributed by atoms with E-state index in [1.807, 2.05) is 36.4 Å². The predicted octanol–water partition coefficient (Wildman–Crippen LogP) is 3.13. The van der Waals surface area contributed by atoms with Crippen molar-refractivity contribution in [3.63, 3.8) is 0 Å². The summed E-state index contributed by atoms with van der Waals surface area (Å²) >= 11 is 0. The number of aliphatic hydroxyl groups is 1. The van der Waals surface area contributed by atoms with E-state index in [-0.39, 0.29) is 0 Å².